The maximum atomic E-state index is 12.8. The first kappa shape index (κ1) is 16.6. The van der Waals surface area contributed by atoms with Crippen molar-refractivity contribution in [3.05, 3.63) is 24.3 Å². The minimum Gasteiger partial charge on any atom is -0.385 e. The highest BCUT2D eigenvalue weighted by molar-refractivity contribution is 8.00. The summed E-state index contributed by atoms with van der Waals surface area (Å²) in [5.74, 6) is 0.862. The highest BCUT2D eigenvalue weighted by Crippen LogP contribution is 2.29. The monoisotopic (exact) mass is 328 g/mol. The number of nitrogens with zero attached hydrogens (tertiary/aromatic N) is 1. The minimum absolute atomic E-state index is 0.0339. The summed E-state index contributed by atoms with van der Waals surface area (Å²) in [5.41, 5.74) is 0.964. The van der Waals surface area contributed by atoms with Crippen LogP contribution in [-0.2, 0) is 10.0 Å². The van der Waals surface area contributed by atoms with E-state index in [1.807, 2.05) is 30.8 Å². The molecule has 1 aromatic rings. The lowest BCUT2D eigenvalue weighted by molar-refractivity contribution is 0.340. The number of benzene rings is 1. The van der Waals surface area contributed by atoms with Crippen molar-refractivity contribution in [2.24, 2.45) is 0 Å². The third kappa shape index (κ3) is 3.73. The molecule has 1 fully saturated rings. The van der Waals surface area contributed by atoms with Crippen LogP contribution in [0.3, 0.4) is 0 Å². The summed E-state index contributed by atoms with van der Waals surface area (Å²) in [6.07, 6.45) is 1.04. The number of thioether (sulfide) groups is 1. The maximum Gasteiger partial charge on any atom is 0.243 e. The normalized spacial score (nSPS) is 24.0. The Morgan fingerprint density at radius 1 is 1.29 bits per heavy atom. The highest BCUT2D eigenvalue weighted by Gasteiger charge is 2.34. The molecule has 0 radical (unpaired) electrons. The summed E-state index contributed by atoms with van der Waals surface area (Å²) in [7, 11) is -3.39. The largest absolute Gasteiger partial charge is 0.385 e. The smallest absolute Gasteiger partial charge is 0.243 e. The molecule has 1 aromatic carbocycles. The van der Waals surface area contributed by atoms with Crippen molar-refractivity contribution in [2.75, 3.05) is 24.2 Å². The van der Waals surface area contributed by atoms with Crippen LogP contribution < -0.4 is 5.32 Å². The quantitative estimate of drug-likeness (QED) is 0.902. The zero-order chi connectivity index (χ0) is 15.5. The van der Waals surface area contributed by atoms with E-state index < -0.39 is 10.0 Å². The van der Waals surface area contributed by atoms with Crippen molar-refractivity contribution >= 4 is 27.5 Å². The van der Waals surface area contributed by atoms with Crippen LogP contribution >= 0.6 is 11.8 Å². The summed E-state index contributed by atoms with van der Waals surface area (Å²) in [6.45, 7) is 7.67. The zero-order valence-electron chi connectivity index (χ0n) is 12.9. The van der Waals surface area contributed by atoms with Crippen LogP contribution in [0.25, 0.3) is 0 Å². The molecule has 1 aliphatic rings. The molecule has 0 amide bonds. The first-order valence-corrected chi connectivity index (χ1v) is 9.93. The average Bonchev–Trinajstić information content (AvgIpc) is 2.48. The molecule has 0 spiro atoms. The molecule has 118 valence electrons. The maximum absolute atomic E-state index is 12.8. The first-order chi connectivity index (χ1) is 9.96. The van der Waals surface area contributed by atoms with E-state index >= 15 is 0 Å². The van der Waals surface area contributed by atoms with Gasteiger partial charge in [0.1, 0.15) is 0 Å². The Morgan fingerprint density at radius 2 is 1.95 bits per heavy atom. The third-order valence-electron chi connectivity index (χ3n) is 3.87. The number of hydrogen-bond donors (Lipinski definition) is 1. The summed E-state index contributed by atoms with van der Waals surface area (Å²) in [6, 6.07) is 7.12. The van der Waals surface area contributed by atoms with Gasteiger partial charge in [-0.1, -0.05) is 13.8 Å². The van der Waals surface area contributed by atoms with Crippen LogP contribution in [0.2, 0.25) is 0 Å². The van der Waals surface area contributed by atoms with Crippen molar-refractivity contribution in [1.29, 1.82) is 0 Å². The molecule has 2 unspecified atom stereocenters. The van der Waals surface area contributed by atoms with Crippen molar-refractivity contribution < 1.29 is 8.42 Å². The SMILES string of the molecule is CCCNc1ccc(S(=O)(=O)N2CCSC(C)C2C)cc1. The highest BCUT2D eigenvalue weighted by atomic mass is 32.2. The minimum atomic E-state index is -3.39. The van der Waals surface area contributed by atoms with Gasteiger partial charge in [-0.25, -0.2) is 8.42 Å². The zero-order valence-corrected chi connectivity index (χ0v) is 14.5. The molecule has 0 aliphatic carbocycles. The second-order valence-corrected chi connectivity index (χ2v) is 8.76. The summed E-state index contributed by atoms with van der Waals surface area (Å²) >= 11 is 1.84. The predicted molar refractivity (Wildman–Crippen MR) is 90.5 cm³/mol. The molecule has 0 bridgehead atoms. The summed E-state index contributed by atoms with van der Waals surface area (Å²) in [4.78, 5) is 0.385. The molecule has 21 heavy (non-hydrogen) atoms. The van der Waals surface area contributed by atoms with E-state index in [2.05, 4.69) is 19.2 Å². The van der Waals surface area contributed by atoms with Crippen LogP contribution in [0.15, 0.2) is 29.2 Å². The van der Waals surface area contributed by atoms with E-state index in [9.17, 15) is 8.42 Å². The average molecular weight is 329 g/mol. The number of nitrogens with one attached hydrogen (secondary N) is 1. The molecule has 0 saturated carbocycles. The lowest BCUT2D eigenvalue weighted by Gasteiger charge is -2.36. The fourth-order valence-corrected chi connectivity index (χ4v) is 5.39. The van der Waals surface area contributed by atoms with E-state index in [0.29, 0.717) is 16.7 Å². The van der Waals surface area contributed by atoms with Crippen molar-refractivity contribution in [1.82, 2.24) is 4.31 Å². The number of anilines is 1. The fraction of sp³-hybridized carbons (Fsp3) is 0.600. The van der Waals surface area contributed by atoms with Crippen LogP contribution in [0.5, 0.6) is 0 Å². The van der Waals surface area contributed by atoms with Gasteiger partial charge in [0.25, 0.3) is 0 Å². The van der Waals surface area contributed by atoms with E-state index in [-0.39, 0.29) is 6.04 Å². The van der Waals surface area contributed by atoms with Gasteiger partial charge in [0, 0.05) is 35.8 Å². The van der Waals surface area contributed by atoms with Crippen LogP contribution in [0.4, 0.5) is 5.69 Å². The van der Waals surface area contributed by atoms with E-state index in [0.717, 1.165) is 24.4 Å². The van der Waals surface area contributed by atoms with Crippen LogP contribution in [0.1, 0.15) is 27.2 Å². The van der Waals surface area contributed by atoms with Gasteiger partial charge < -0.3 is 5.32 Å². The van der Waals surface area contributed by atoms with Gasteiger partial charge >= 0.3 is 0 Å². The van der Waals surface area contributed by atoms with Gasteiger partial charge in [-0.15, -0.1) is 0 Å². The number of hydrogen-bond acceptors (Lipinski definition) is 4. The molecule has 1 saturated heterocycles. The first-order valence-electron chi connectivity index (χ1n) is 7.44. The van der Waals surface area contributed by atoms with Gasteiger partial charge in [-0.3, -0.25) is 0 Å². The molecule has 1 aliphatic heterocycles. The Labute approximate surface area is 132 Å². The predicted octanol–water partition coefficient (Wildman–Crippen LogP) is 3.02. The second kappa shape index (κ2) is 7.03. The van der Waals surface area contributed by atoms with Crippen molar-refractivity contribution in [3.8, 4) is 0 Å². The Bertz CT molecular complexity index is 558. The third-order valence-corrected chi connectivity index (χ3v) is 7.20. The molecule has 1 heterocycles. The molecular weight excluding hydrogens is 304 g/mol. The van der Waals surface area contributed by atoms with Gasteiger partial charge in [-0.2, -0.15) is 16.1 Å². The second-order valence-electron chi connectivity index (χ2n) is 5.38. The lowest BCUT2D eigenvalue weighted by atomic mass is 10.2. The Hall–Kier alpha value is -0.720. The Morgan fingerprint density at radius 3 is 2.57 bits per heavy atom. The van der Waals surface area contributed by atoms with E-state index in [1.54, 1.807) is 16.4 Å². The van der Waals surface area contributed by atoms with E-state index in [1.165, 1.54) is 0 Å². The Balaban J connectivity index is 2.19. The fourth-order valence-electron chi connectivity index (χ4n) is 2.39. The molecule has 0 aromatic heterocycles. The Kier molecular flexibility index (Phi) is 5.57. The molecule has 4 nitrogen and oxygen atoms in total. The molecule has 2 atom stereocenters. The van der Waals surface area contributed by atoms with Gasteiger partial charge in [0.05, 0.1) is 4.90 Å². The van der Waals surface area contributed by atoms with E-state index in [4.69, 9.17) is 0 Å². The van der Waals surface area contributed by atoms with Crippen molar-refractivity contribution in [2.45, 2.75) is 43.4 Å². The molecular formula is C15H24N2O2S2. The summed E-state index contributed by atoms with van der Waals surface area (Å²) < 4.78 is 27.2. The van der Waals surface area contributed by atoms with Crippen LogP contribution in [0, 0.1) is 0 Å². The van der Waals surface area contributed by atoms with Gasteiger partial charge in [0.2, 0.25) is 10.0 Å². The molecule has 2 rings (SSSR count). The topological polar surface area (TPSA) is 49.4 Å². The van der Waals surface area contributed by atoms with Crippen LogP contribution in [-0.4, -0.2) is 42.9 Å². The van der Waals surface area contributed by atoms with Gasteiger partial charge in [0.15, 0.2) is 0 Å². The molecule has 6 heteroatoms. The number of rotatable bonds is 5. The molecule has 1 N–H and O–H groups in total. The van der Waals surface area contributed by atoms with Gasteiger partial charge in [-0.05, 0) is 37.6 Å². The summed E-state index contributed by atoms with van der Waals surface area (Å²) in [5, 5.41) is 3.59. The number of sulfonamides is 1. The lowest BCUT2D eigenvalue weighted by Crippen LogP contribution is -2.47. The standard InChI is InChI=1S/C15H24N2O2S2/c1-4-9-16-14-5-7-15(8-6-14)21(18,19)17-10-11-20-13(3)12(17)2/h5-8,12-13,16H,4,9-11H2,1-3H3. The van der Waals surface area contributed by atoms with Crippen molar-refractivity contribution in [3.63, 3.8) is 0 Å².